The van der Waals surface area contributed by atoms with E-state index in [0.29, 0.717) is 11.8 Å². The summed E-state index contributed by atoms with van der Waals surface area (Å²) in [4.78, 5) is 51.5. The molecule has 1 aromatic carbocycles. The van der Waals surface area contributed by atoms with Crippen LogP contribution in [0.4, 0.5) is 0 Å². The number of hydrogen-bond acceptors (Lipinski definition) is 6. The van der Waals surface area contributed by atoms with Crippen LogP contribution < -0.4 is 10.6 Å². The van der Waals surface area contributed by atoms with Crippen molar-refractivity contribution in [2.45, 2.75) is 31.7 Å². The third-order valence-electron chi connectivity index (χ3n) is 5.63. The SMILES string of the molecule is CN(C(=O)c1ccc(C#CCCCN2CCNCC2)cc1C=O)C1CCC(=O)NC1=O. The van der Waals surface area contributed by atoms with Gasteiger partial charge >= 0.3 is 0 Å². The van der Waals surface area contributed by atoms with Crippen molar-refractivity contribution in [1.82, 2.24) is 20.4 Å². The van der Waals surface area contributed by atoms with Crippen molar-refractivity contribution in [2.24, 2.45) is 0 Å². The Hall–Kier alpha value is -3.02. The maximum absolute atomic E-state index is 12.9. The number of nitrogens with zero attached hydrogens (tertiary/aromatic N) is 2. The van der Waals surface area contributed by atoms with Crippen LogP contribution in [0.5, 0.6) is 0 Å². The Labute approximate surface area is 182 Å². The molecule has 0 spiro atoms. The van der Waals surface area contributed by atoms with Gasteiger partial charge in [-0.15, -0.1) is 0 Å². The zero-order chi connectivity index (χ0) is 22.2. The number of piperidine rings is 1. The second-order valence-electron chi connectivity index (χ2n) is 7.80. The molecule has 0 saturated carbocycles. The molecule has 164 valence electrons. The van der Waals surface area contributed by atoms with E-state index in [0.717, 1.165) is 45.6 Å². The number of hydrogen-bond donors (Lipinski definition) is 2. The number of piperazine rings is 1. The van der Waals surface area contributed by atoms with E-state index >= 15 is 0 Å². The summed E-state index contributed by atoms with van der Waals surface area (Å²) in [6.45, 7) is 5.22. The Morgan fingerprint density at radius 3 is 2.77 bits per heavy atom. The predicted molar refractivity (Wildman–Crippen MR) is 116 cm³/mol. The molecule has 2 saturated heterocycles. The van der Waals surface area contributed by atoms with E-state index in [2.05, 4.69) is 27.4 Å². The molecule has 8 heteroatoms. The molecule has 0 aliphatic carbocycles. The van der Waals surface area contributed by atoms with Crippen LogP contribution in [-0.4, -0.2) is 79.6 Å². The number of nitrogens with one attached hydrogen (secondary N) is 2. The lowest BCUT2D eigenvalue weighted by molar-refractivity contribution is -0.136. The fourth-order valence-corrected chi connectivity index (χ4v) is 3.81. The van der Waals surface area contributed by atoms with Crippen molar-refractivity contribution < 1.29 is 19.2 Å². The number of rotatable bonds is 6. The van der Waals surface area contributed by atoms with Crippen LogP contribution in [-0.2, 0) is 9.59 Å². The van der Waals surface area contributed by atoms with Gasteiger partial charge < -0.3 is 15.1 Å². The molecule has 1 atom stereocenters. The second-order valence-corrected chi connectivity index (χ2v) is 7.80. The summed E-state index contributed by atoms with van der Waals surface area (Å²) in [5.74, 6) is 4.92. The van der Waals surface area contributed by atoms with E-state index in [1.165, 1.54) is 11.9 Å². The lowest BCUT2D eigenvalue weighted by Gasteiger charge is -2.30. The van der Waals surface area contributed by atoms with E-state index in [1.54, 1.807) is 18.2 Å². The van der Waals surface area contributed by atoms with Gasteiger partial charge in [-0.05, 0) is 37.6 Å². The van der Waals surface area contributed by atoms with Crippen molar-refractivity contribution in [3.63, 3.8) is 0 Å². The van der Waals surface area contributed by atoms with Gasteiger partial charge in [0.2, 0.25) is 11.8 Å². The highest BCUT2D eigenvalue weighted by Gasteiger charge is 2.33. The lowest BCUT2D eigenvalue weighted by Crippen LogP contribution is -2.53. The minimum absolute atomic E-state index is 0.178. The molecule has 1 unspecified atom stereocenters. The third-order valence-corrected chi connectivity index (χ3v) is 5.63. The number of likely N-dealkylation sites (N-methyl/N-ethyl adjacent to an activating group) is 1. The van der Waals surface area contributed by atoms with Crippen LogP contribution in [0.25, 0.3) is 0 Å². The summed E-state index contributed by atoms with van der Waals surface area (Å²) in [6, 6.07) is 4.14. The molecule has 1 aromatic rings. The zero-order valence-corrected chi connectivity index (χ0v) is 17.8. The quantitative estimate of drug-likeness (QED) is 0.297. The van der Waals surface area contributed by atoms with Gasteiger partial charge in [0.05, 0.1) is 5.56 Å². The van der Waals surface area contributed by atoms with Crippen LogP contribution >= 0.6 is 0 Å². The summed E-state index contributed by atoms with van der Waals surface area (Å²) in [6.07, 6.45) is 2.82. The molecule has 2 aliphatic rings. The monoisotopic (exact) mass is 424 g/mol. The molecule has 8 nitrogen and oxygen atoms in total. The maximum atomic E-state index is 12.9. The van der Waals surface area contributed by atoms with Crippen LogP contribution in [0.2, 0.25) is 0 Å². The molecule has 2 N–H and O–H groups in total. The lowest BCUT2D eigenvalue weighted by atomic mass is 10.0. The Morgan fingerprint density at radius 1 is 1.29 bits per heavy atom. The Bertz CT molecular complexity index is 912. The number of aldehydes is 1. The van der Waals surface area contributed by atoms with E-state index < -0.39 is 17.9 Å². The smallest absolute Gasteiger partial charge is 0.255 e. The van der Waals surface area contributed by atoms with E-state index in [1.807, 2.05) is 0 Å². The highest BCUT2D eigenvalue weighted by Crippen LogP contribution is 2.17. The standard InChI is InChI=1S/C23H28N4O4/c1-26(20-8-9-21(29)25-22(20)30)23(31)19-7-6-17(15-18(19)16-28)5-3-2-4-12-27-13-10-24-11-14-27/h6-7,15-16,20,24H,2,4,8-14H2,1H3,(H,25,29,30). The van der Waals surface area contributed by atoms with Gasteiger partial charge in [0.1, 0.15) is 6.04 Å². The third kappa shape index (κ3) is 6.00. The van der Waals surface area contributed by atoms with Crippen LogP contribution in [0, 0.1) is 11.8 Å². The van der Waals surface area contributed by atoms with Crippen LogP contribution in [0.15, 0.2) is 18.2 Å². The zero-order valence-electron chi connectivity index (χ0n) is 17.8. The summed E-state index contributed by atoms with van der Waals surface area (Å²) in [7, 11) is 1.50. The molecule has 0 bridgehead atoms. The van der Waals surface area contributed by atoms with Gasteiger partial charge in [-0.1, -0.05) is 11.8 Å². The Kier molecular flexibility index (Phi) is 7.93. The topological polar surface area (TPSA) is 98.8 Å². The second kappa shape index (κ2) is 10.8. The number of imide groups is 1. The molecular formula is C23H28N4O4. The predicted octanol–water partition coefficient (Wildman–Crippen LogP) is 0.413. The highest BCUT2D eigenvalue weighted by molar-refractivity contribution is 6.06. The number of unbranched alkanes of at least 4 members (excludes halogenated alkanes) is 1. The summed E-state index contributed by atoms with van der Waals surface area (Å²) < 4.78 is 0. The van der Waals surface area contributed by atoms with Crippen molar-refractivity contribution in [2.75, 3.05) is 39.8 Å². The molecule has 2 fully saturated rings. The van der Waals surface area contributed by atoms with E-state index in [4.69, 9.17) is 0 Å². The molecule has 2 aliphatic heterocycles. The maximum Gasteiger partial charge on any atom is 0.255 e. The normalized spacial score (nSPS) is 19.2. The average Bonchev–Trinajstić information content (AvgIpc) is 2.78. The summed E-state index contributed by atoms with van der Waals surface area (Å²) in [5, 5.41) is 5.57. The average molecular weight is 425 g/mol. The summed E-state index contributed by atoms with van der Waals surface area (Å²) >= 11 is 0. The van der Waals surface area contributed by atoms with Crippen molar-refractivity contribution >= 4 is 24.0 Å². The van der Waals surface area contributed by atoms with E-state index in [-0.39, 0.29) is 29.9 Å². The van der Waals surface area contributed by atoms with Gasteiger partial charge in [-0.25, -0.2) is 0 Å². The van der Waals surface area contributed by atoms with Crippen molar-refractivity contribution in [3.05, 3.63) is 34.9 Å². The largest absolute Gasteiger partial charge is 0.330 e. The first kappa shape index (κ1) is 22.7. The molecule has 3 amide bonds. The minimum Gasteiger partial charge on any atom is -0.330 e. The van der Waals surface area contributed by atoms with Gasteiger partial charge in [0, 0.05) is 57.2 Å². The van der Waals surface area contributed by atoms with Crippen LogP contribution in [0.1, 0.15) is 52.0 Å². The Morgan fingerprint density at radius 2 is 2.06 bits per heavy atom. The fourth-order valence-electron chi connectivity index (χ4n) is 3.81. The van der Waals surface area contributed by atoms with E-state index in [9.17, 15) is 19.2 Å². The van der Waals surface area contributed by atoms with Gasteiger partial charge in [-0.2, -0.15) is 0 Å². The van der Waals surface area contributed by atoms with Gasteiger partial charge in [-0.3, -0.25) is 24.5 Å². The number of amides is 3. The first-order chi connectivity index (χ1) is 15.0. The van der Waals surface area contributed by atoms with Gasteiger partial charge in [0.25, 0.3) is 5.91 Å². The first-order valence-electron chi connectivity index (χ1n) is 10.6. The number of carbonyl (C=O) groups is 4. The van der Waals surface area contributed by atoms with Crippen molar-refractivity contribution in [3.8, 4) is 11.8 Å². The first-order valence-corrected chi connectivity index (χ1v) is 10.6. The Balaban J connectivity index is 1.60. The fraction of sp³-hybridized carbons (Fsp3) is 0.478. The molecule has 0 radical (unpaired) electrons. The molecular weight excluding hydrogens is 396 g/mol. The molecule has 0 aromatic heterocycles. The number of carbonyl (C=O) groups excluding carboxylic acids is 4. The van der Waals surface area contributed by atoms with Crippen LogP contribution in [0.3, 0.4) is 0 Å². The highest BCUT2D eigenvalue weighted by atomic mass is 16.2. The molecule has 31 heavy (non-hydrogen) atoms. The minimum atomic E-state index is -0.736. The van der Waals surface area contributed by atoms with Crippen molar-refractivity contribution in [1.29, 1.82) is 0 Å². The molecule has 2 heterocycles. The summed E-state index contributed by atoms with van der Waals surface area (Å²) in [5.41, 5.74) is 1.12. The van der Waals surface area contributed by atoms with Gasteiger partial charge in [0.15, 0.2) is 6.29 Å². The molecule has 3 rings (SSSR count). The number of benzene rings is 1.